The fourth-order valence-corrected chi connectivity index (χ4v) is 2.59. The van der Waals surface area contributed by atoms with Crippen LogP contribution in [0.15, 0.2) is 12.3 Å². The molecule has 2 rings (SSSR count). The second-order valence-electron chi connectivity index (χ2n) is 5.10. The zero-order valence-corrected chi connectivity index (χ0v) is 11.2. The molecule has 4 heteroatoms. The van der Waals surface area contributed by atoms with E-state index in [0.717, 1.165) is 5.69 Å². The average molecular weight is 252 g/mol. The Kier molecular flexibility index (Phi) is 5.20. The Labute approximate surface area is 109 Å². The summed E-state index contributed by atoms with van der Waals surface area (Å²) in [5.74, 6) is 0. The molecular formula is C14H24N2O2. The van der Waals surface area contributed by atoms with Crippen molar-refractivity contribution in [1.29, 1.82) is 0 Å². The fraction of sp³-hybridized carbons (Fsp3) is 0.786. The van der Waals surface area contributed by atoms with E-state index in [9.17, 15) is 5.11 Å². The van der Waals surface area contributed by atoms with E-state index in [0.29, 0.717) is 25.7 Å². The molecule has 0 aromatic carbocycles. The summed E-state index contributed by atoms with van der Waals surface area (Å²) in [4.78, 5) is 0. The van der Waals surface area contributed by atoms with Crippen molar-refractivity contribution in [3.8, 4) is 0 Å². The lowest BCUT2D eigenvalue weighted by Gasteiger charge is -2.21. The molecule has 1 aliphatic rings. The monoisotopic (exact) mass is 252 g/mol. The molecule has 0 aliphatic heterocycles. The number of aromatic nitrogens is 2. The summed E-state index contributed by atoms with van der Waals surface area (Å²) in [7, 11) is 0. The molecule has 102 valence electrons. The first-order valence-corrected chi connectivity index (χ1v) is 7.09. The SMILES string of the molecule is CCOCC(O)Cc1ccn(C2CCCCC2)n1. The van der Waals surface area contributed by atoms with Gasteiger partial charge in [-0.3, -0.25) is 4.68 Å². The molecule has 1 saturated carbocycles. The Hall–Kier alpha value is -0.870. The van der Waals surface area contributed by atoms with Crippen LogP contribution in [0, 0.1) is 0 Å². The van der Waals surface area contributed by atoms with Gasteiger partial charge < -0.3 is 9.84 Å². The molecule has 0 radical (unpaired) electrons. The second-order valence-corrected chi connectivity index (χ2v) is 5.10. The van der Waals surface area contributed by atoms with Crippen LogP contribution >= 0.6 is 0 Å². The van der Waals surface area contributed by atoms with Crippen LogP contribution in [0.4, 0.5) is 0 Å². The summed E-state index contributed by atoms with van der Waals surface area (Å²) in [5.41, 5.74) is 0.966. The summed E-state index contributed by atoms with van der Waals surface area (Å²) in [6, 6.07) is 2.58. The molecule has 1 atom stereocenters. The molecule has 1 N–H and O–H groups in total. The molecule has 1 aromatic heterocycles. The van der Waals surface area contributed by atoms with Crippen LogP contribution < -0.4 is 0 Å². The number of nitrogens with zero attached hydrogens (tertiary/aromatic N) is 2. The maximum atomic E-state index is 9.78. The number of rotatable bonds is 6. The Balaban J connectivity index is 1.85. The lowest BCUT2D eigenvalue weighted by atomic mass is 9.96. The highest BCUT2D eigenvalue weighted by molar-refractivity contribution is 5.01. The van der Waals surface area contributed by atoms with Crippen molar-refractivity contribution >= 4 is 0 Å². The highest BCUT2D eigenvalue weighted by atomic mass is 16.5. The predicted molar refractivity (Wildman–Crippen MR) is 70.6 cm³/mol. The first-order chi connectivity index (χ1) is 8.79. The molecule has 0 saturated heterocycles. The van der Waals surface area contributed by atoms with Gasteiger partial charge in [-0.15, -0.1) is 0 Å². The Morgan fingerprint density at radius 1 is 1.44 bits per heavy atom. The van der Waals surface area contributed by atoms with Gasteiger partial charge in [0.05, 0.1) is 24.4 Å². The molecule has 0 bridgehead atoms. The lowest BCUT2D eigenvalue weighted by Crippen LogP contribution is -2.19. The zero-order chi connectivity index (χ0) is 12.8. The van der Waals surface area contributed by atoms with Crippen LogP contribution in [0.25, 0.3) is 0 Å². The van der Waals surface area contributed by atoms with Crippen molar-refractivity contribution in [3.05, 3.63) is 18.0 Å². The van der Waals surface area contributed by atoms with Gasteiger partial charge >= 0.3 is 0 Å². The van der Waals surface area contributed by atoms with Gasteiger partial charge in [-0.1, -0.05) is 19.3 Å². The second kappa shape index (κ2) is 6.90. The molecule has 1 unspecified atom stereocenters. The van der Waals surface area contributed by atoms with E-state index < -0.39 is 6.10 Å². The van der Waals surface area contributed by atoms with Crippen LogP contribution in [-0.2, 0) is 11.2 Å². The third-order valence-electron chi connectivity index (χ3n) is 3.57. The minimum absolute atomic E-state index is 0.396. The highest BCUT2D eigenvalue weighted by Crippen LogP contribution is 2.27. The van der Waals surface area contributed by atoms with Gasteiger partial charge in [-0.05, 0) is 25.8 Å². The molecule has 4 nitrogen and oxygen atoms in total. The molecule has 1 heterocycles. The van der Waals surface area contributed by atoms with E-state index in [1.165, 1.54) is 32.1 Å². The van der Waals surface area contributed by atoms with Gasteiger partial charge in [-0.25, -0.2) is 0 Å². The lowest BCUT2D eigenvalue weighted by molar-refractivity contribution is 0.0424. The van der Waals surface area contributed by atoms with Gasteiger partial charge in [-0.2, -0.15) is 5.10 Å². The van der Waals surface area contributed by atoms with Gasteiger partial charge in [0.1, 0.15) is 0 Å². The molecular weight excluding hydrogens is 228 g/mol. The third-order valence-corrected chi connectivity index (χ3v) is 3.57. The number of aliphatic hydroxyl groups excluding tert-OH is 1. The number of aliphatic hydroxyl groups is 1. The highest BCUT2D eigenvalue weighted by Gasteiger charge is 2.16. The van der Waals surface area contributed by atoms with Crippen molar-refractivity contribution in [2.45, 2.75) is 57.6 Å². The fourth-order valence-electron chi connectivity index (χ4n) is 2.59. The average Bonchev–Trinajstić information content (AvgIpc) is 2.86. The van der Waals surface area contributed by atoms with Crippen LogP contribution in [0.3, 0.4) is 0 Å². The first-order valence-electron chi connectivity index (χ1n) is 7.09. The van der Waals surface area contributed by atoms with Crippen LogP contribution in [-0.4, -0.2) is 34.2 Å². The van der Waals surface area contributed by atoms with Crippen molar-refractivity contribution in [1.82, 2.24) is 9.78 Å². The van der Waals surface area contributed by atoms with Crippen LogP contribution in [0.2, 0.25) is 0 Å². The summed E-state index contributed by atoms with van der Waals surface area (Å²) < 4.78 is 7.29. The van der Waals surface area contributed by atoms with Gasteiger partial charge in [0.15, 0.2) is 0 Å². The van der Waals surface area contributed by atoms with Crippen molar-refractivity contribution in [2.24, 2.45) is 0 Å². The van der Waals surface area contributed by atoms with E-state index in [-0.39, 0.29) is 0 Å². The molecule has 0 spiro atoms. The topological polar surface area (TPSA) is 47.3 Å². The normalized spacial score (nSPS) is 19.0. The van der Waals surface area contributed by atoms with Crippen LogP contribution in [0.5, 0.6) is 0 Å². The van der Waals surface area contributed by atoms with Crippen LogP contribution in [0.1, 0.15) is 50.8 Å². The van der Waals surface area contributed by atoms with E-state index in [1.54, 1.807) is 0 Å². The maximum absolute atomic E-state index is 9.78. The molecule has 0 amide bonds. The minimum Gasteiger partial charge on any atom is -0.390 e. The Morgan fingerprint density at radius 2 is 2.22 bits per heavy atom. The quantitative estimate of drug-likeness (QED) is 0.845. The summed E-state index contributed by atoms with van der Waals surface area (Å²) in [6.07, 6.45) is 8.65. The summed E-state index contributed by atoms with van der Waals surface area (Å²) in [6.45, 7) is 2.98. The zero-order valence-electron chi connectivity index (χ0n) is 11.2. The summed E-state index contributed by atoms with van der Waals surface area (Å²) >= 11 is 0. The van der Waals surface area contributed by atoms with E-state index in [4.69, 9.17) is 4.74 Å². The predicted octanol–water partition coefficient (Wildman–Crippen LogP) is 2.33. The van der Waals surface area contributed by atoms with Gasteiger partial charge in [0, 0.05) is 19.2 Å². The largest absolute Gasteiger partial charge is 0.390 e. The molecule has 1 fully saturated rings. The van der Waals surface area contributed by atoms with E-state index >= 15 is 0 Å². The standard InChI is InChI=1S/C14H24N2O2/c1-2-18-11-14(17)10-12-8-9-16(15-12)13-6-4-3-5-7-13/h8-9,13-14,17H,2-7,10-11H2,1H3. The summed E-state index contributed by atoms with van der Waals surface area (Å²) in [5, 5.41) is 14.4. The molecule has 18 heavy (non-hydrogen) atoms. The van der Waals surface area contributed by atoms with Crippen molar-refractivity contribution < 1.29 is 9.84 Å². The molecule has 1 aliphatic carbocycles. The van der Waals surface area contributed by atoms with E-state index in [2.05, 4.69) is 16.0 Å². The number of hydrogen-bond donors (Lipinski definition) is 1. The minimum atomic E-state index is -0.445. The smallest absolute Gasteiger partial charge is 0.0829 e. The molecule has 1 aromatic rings. The number of hydrogen-bond acceptors (Lipinski definition) is 3. The van der Waals surface area contributed by atoms with E-state index in [1.807, 2.05) is 13.0 Å². The van der Waals surface area contributed by atoms with Gasteiger partial charge in [0.25, 0.3) is 0 Å². The Bertz CT molecular complexity index is 345. The number of ether oxygens (including phenoxy) is 1. The Morgan fingerprint density at radius 3 is 2.94 bits per heavy atom. The van der Waals surface area contributed by atoms with Crippen molar-refractivity contribution in [2.75, 3.05) is 13.2 Å². The van der Waals surface area contributed by atoms with Gasteiger partial charge in [0.2, 0.25) is 0 Å². The van der Waals surface area contributed by atoms with Crippen molar-refractivity contribution in [3.63, 3.8) is 0 Å². The first kappa shape index (κ1) is 13.6. The maximum Gasteiger partial charge on any atom is 0.0829 e. The third kappa shape index (κ3) is 3.82.